The van der Waals surface area contributed by atoms with Gasteiger partial charge in [-0.3, -0.25) is 0 Å². The Morgan fingerprint density at radius 2 is 2.16 bits per heavy atom. The molecule has 1 saturated heterocycles. The van der Waals surface area contributed by atoms with Crippen molar-refractivity contribution in [3.63, 3.8) is 0 Å². The molecular weight excluding hydrogens is 266 g/mol. The summed E-state index contributed by atoms with van der Waals surface area (Å²) in [6, 6.07) is 7.69. The van der Waals surface area contributed by atoms with Crippen molar-refractivity contribution in [3.8, 4) is 5.75 Å². The van der Waals surface area contributed by atoms with Crippen LogP contribution in [-0.2, 0) is 14.8 Å². The highest BCUT2D eigenvalue weighted by molar-refractivity contribution is 7.89. The molecule has 1 aliphatic heterocycles. The number of sulfonamides is 1. The molecule has 6 heteroatoms. The van der Waals surface area contributed by atoms with Crippen LogP contribution < -0.4 is 4.74 Å². The average molecular weight is 285 g/mol. The SMILES string of the molecule is Cc1cccc(OCCN(C)S(=O)(=O)C2COC2)c1. The van der Waals surface area contributed by atoms with Crippen LogP contribution in [0.25, 0.3) is 0 Å². The fraction of sp³-hybridized carbons (Fsp3) is 0.538. The van der Waals surface area contributed by atoms with Crippen molar-refractivity contribution in [3.05, 3.63) is 29.8 Å². The first kappa shape index (κ1) is 14.3. The molecule has 1 aromatic carbocycles. The van der Waals surface area contributed by atoms with Gasteiger partial charge in [0.15, 0.2) is 0 Å². The molecule has 0 N–H and O–H groups in total. The molecule has 0 atom stereocenters. The monoisotopic (exact) mass is 285 g/mol. The van der Waals surface area contributed by atoms with E-state index in [2.05, 4.69) is 0 Å². The number of hydrogen-bond acceptors (Lipinski definition) is 4. The molecule has 0 spiro atoms. The normalized spacial score (nSPS) is 16.4. The maximum atomic E-state index is 12.0. The van der Waals surface area contributed by atoms with E-state index in [9.17, 15) is 8.42 Å². The second-order valence-electron chi connectivity index (χ2n) is 4.69. The van der Waals surface area contributed by atoms with Crippen molar-refractivity contribution in [2.75, 3.05) is 33.4 Å². The molecule has 0 amide bonds. The number of hydrogen-bond donors (Lipinski definition) is 0. The van der Waals surface area contributed by atoms with Gasteiger partial charge < -0.3 is 9.47 Å². The maximum absolute atomic E-state index is 12.0. The first-order valence-electron chi connectivity index (χ1n) is 6.22. The van der Waals surface area contributed by atoms with Crippen molar-refractivity contribution in [1.82, 2.24) is 4.31 Å². The first-order valence-corrected chi connectivity index (χ1v) is 7.73. The maximum Gasteiger partial charge on any atom is 0.221 e. The fourth-order valence-electron chi connectivity index (χ4n) is 1.76. The van der Waals surface area contributed by atoms with Crippen LogP contribution in [0.1, 0.15) is 5.56 Å². The average Bonchev–Trinajstić information content (AvgIpc) is 2.25. The van der Waals surface area contributed by atoms with Gasteiger partial charge in [-0.25, -0.2) is 12.7 Å². The fourth-order valence-corrected chi connectivity index (χ4v) is 3.14. The summed E-state index contributed by atoms with van der Waals surface area (Å²) in [5, 5.41) is -0.392. The molecule has 0 saturated carbocycles. The number of likely N-dealkylation sites (N-methyl/N-ethyl adjacent to an activating group) is 1. The van der Waals surface area contributed by atoms with Crippen LogP contribution in [0.2, 0.25) is 0 Å². The molecule has 1 aromatic rings. The molecule has 0 bridgehead atoms. The van der Waals surface area contributed by atoms with Crippen molar-refractivity contribution in [2.24, 2.45) is 0 Å². The van der Waals surface area contributed by atoms with Gasteiger partial charge >= 0.3 is 0 Å². The lowest BCUT2D eigenvalue weighted by Gasteiger charge is -2.29. The molecular formula is C13H19NO4S. The van der Waals surface area contributed by atoms with E-state index in [1.165, 1.54) is 4.31 Å². The number of benzene rings is 1. The van der Waals surface area contributed by atoms with E-state index in [1.54, 1.807) is 7.05 Å². The molecule has 2 rings (SSSR count). The first-order chi connectivity index (χ1) is 9.00. The van der Waals surface area contributed by atoms with Crippen LogP contribution in [0, 0.1) is 6.92 Å². The van der Waals surface area contributed by atoms with Crippen molar-refractivity contribution < 1.29 is 17.9 Å². The minimum atomic E-state index is -3.24. The van der Waals surface area contributed by atoms with Crippen LogP contribution in [0.3, 0.4) is 0 Å². The second kappa shape index (κ2) is 5.90. The molecule has 19 heavy (non-hydrogen) atoms. The number of nitrogens with zero attached hydrogens (tertiary/aromatic N) is 1. The summed E-state index contributed by atoms with van der Waals surface area (Å²) < 4.78 is 35.8. The lowest BCUT2D eigenvalue weighted by molar-refractivity contribution is 0.0394. The van der Waals surface area contributed by atoms with Crippen LogP contribution in [0.4, 0.5) is 0 Å². The third kappa shape index (κ3) is 3.46. The Balaban J connectivity index is 1.82. The van der Waals surface area contributed by atoms with Crippen molar-refractivity contribution in [2.45, 2.75) is 12.2 Å². The summed E-state index contributed by atoms with van der Waals surface area (Å²) in [7, 11) is -1.66. The molecule has 0 radical (unpaired) electrons. The second-order valence-corrected chi connectivity index (χ2v) is 7.01. The van der Waals surface area contributed by atoms with Gasteiger partial charge in [0.2, 0.25) is 10.0 Å². The molecule has 0 aliphatic carbocycles. The molecule has 1 aliphatic rings. The minimum Gasteiger partial charge on any atom is -0.492 e. The highest BCUT2D eigenvalue weighted by Gasteiger charge is 2.35. The van der Waals surface area contributed by atoms with Crippen molar-refractivity contribution >= 4 is 10.0 Å². The van der Waals surface area contributed by atoms with Gasteiger partial charge in [0.1, 0.15) is 17.6 Å². The molecule has 1 fully saturated rings. The molecule has 106 valence electrons. The Kier molecular flexibility index (Phi) is 4.44. The molecule has 1 heterocycles. The van der Waals surface area contributed by atoms with Crippen LogP contribution in [0.5, 0.6) is 5.75 Å². The Morgan fingerprint density at radius 1 is 1.42 bits per heavy atom. The van der Waals surface area contributed by atoms with E-state index < -0.39 is 15.3 Å². The molecule has 5 nitrogen and oxygen atoms in total. The van der Waals surface area contributed by atoms with Crippen LogP contribution >= 0.6 is 0 Å². The van der Waals surface area contributed by atoms with Crippen molar-refractivity contribution in [1.29, 1.82) is 0 Å². The Labute approximate surface area is 114 Å². The van der Waals surface area contributed by atoms with E-state index >= 15 is 0 Å². The summed E-state index contributed by atoms with van der Waals surface area (Å²) in [6.07, 6.45) is 0. The van der Waals surface area contributed by atoms with Gasteiger partial charge in [0, 0.05) is 13.6 Å². The largest absolute Gasteiger partial charge is 0.492 e. The standard InChI is InChI=1S/C13H19NO4S/c1-11-4-3-5-12(8-11)18-7-6-14(2)19(15,16)13-9-17-10-13/h3-5,8,13H,6-7,9-10H2,1-2H3. The molecule has 0 aromatic heterocycles. The lowest BCUT2D eigenvalue weighted by Crippen LogP contribution is -2.48. The predicted octanol–water partition coefficient (Wildman–Crippen LogP) is 1.03. The van der Waals surface area contributed by atoms with E-state index in [0.717, 1.165) is 11.3 Å². The third-order valence-electron chi connectivity index (χ3n) is 3.13. The highest BCUT2D eigenvalue weighted by Crippen LogP contribution is 2.16. The zero-order valence-electron chi connectivity index (χ0n) is 11.2. The van der Waals surface area contributed by atoms with Gasteiger partial charge in [-0.2, -0.15) is 0 Å². The van der Waals surface area contributed by atoms with Gasteiger partial charge in [-0.15, -0.1) is 0 Å². The van der Waals surface area contributed by atoms with E-state index in [-0.39, 0.29) is 0 Å². The lowest BCUT2D eigenvalue weighted by atomic mass is 10.2. The topological polar surface area (TPSA) is 55.8 Å². The summed E-state index contributed by atoms with van der Waals surface area (Å²) in [5.41, 5.74) is 1.12. The summed E-state index contributed by atoms with van der Waals surface area (Å²) in [5.74, 6) is 0.762. The number of ether oxygens (including phenoxy) is 2. The third-order valence-corrected chi connectivity index (χ3v) is 5.29. The summed E-state index contributed by atoms with van der Waals surface area (Å²) in [4.78, 5) is 0. The van der Waals surface area contributed by atoms with Gasteiger partial charge in [-0.1, -0.05) is 12.1 Å². The molecule has 0 unspecified atom stereocenters. The number of rotatable bonds is 6. The van der Waals surface area contributed by atoms with E-state index in [0.29, 0.717) is 26.4 Å². The van der Waals surface area contributed by atoms with E-state index in [4.69, 9.17) is 9.47 Å². The number of aryl methyl sites for hydroxylation is 1. The highest BCUT2D eigenvalue weighted by atomic mass is 32.2. The van der Waals surface area contributed by atoms with Gasteiger partial charge in [0.05, 0.1) is 13.2 Å². The van der Waals surface area contributed by atoms with Gasteiger partial charge in [0.25, 0.3) is 0 Å². The van der Waals surface area contributed by atoms with Gasteiger partial charge in [-0.05, 0) is 24.6 Å². The zero-order valence-corrected chi connectivity index (χ0v) is 12.0. The zero-order chi connectivity index (χ0) is 13.9. The van der Waals surface area contributed by atoms with Crippen LogP contribution in [0.15, 0.2) is 24.3 Å². The van der Waals surface area contributed by atoms with Crippen LogP contribution in [-0.4, -0.2) is 51.4 Å². The van der Waals surface area contributed by atoms with E-state index in [1.807, 2.05) is 31.2 Å². The quantitative estimate of drug-likeness (QED) is 0.783. The predicted molar refractivity (Wildman–Crippen MR) is 72.8 cm³/mol. The minimum absolute atomic E-state index is 0.297. The summed E-state index contributed by atoms with van der Waals surface area (Å²) >= 11 is 0. The smallest absolute Gasteiger partial charge is 0.221 e. The summed E-state index contributed by atoms with van der Waals surface area (Å²) in [6.45, 7) is 3.26. The Bertz CT molecular complexity index is 525. The Morgan fingerprint density at radius 3 is 2.74 bits per heavy atom. The Hall–Kier alpha value is -1.11.